The van der Waals surface area contributed by atoms with Crippen molar-refractivity contribution in [3.8, 4) is 0 Å². The van der Waals surface area contributed by atoms with Crippen molar-refractivity contribution >= 4 is 11.8 Å². The molecule has 0 atom stereocenters. The second-order valence-corrected chi connectivity index (χ2v) is 7.92. The molecule has 2 heterocycles. The Morgan fingerprint density at radius 3 is 2.46 bits per heavy atom. The Balaban J connectivity index is 1.77. The monoisotopic (exact) mass is 379 g/mol. The number of likely N-dealkylation sites (tertiary alicyclic amines) is 1. The van der Waals surface area contributed by atoms with Crippen molar-refractivity contribution in [2.75, 3.05) is 13.1 Å². The highest BCUT2D eigenvalue weighted by molar-refractivity contribution is 5.98. The number of carbonyl (C=O) groups is 2. The molecule has 0 aliphatic carbocycles. The number of carbonyl (C=O) groups excluding carboxylic acids is 2. The highest BCUT2D eigenvalue weighted by atomic mass is 16.2. The average molecular weight is 380 g/mol. The van der Waals surface area contributed by atoms with E-state index >= 15 is 0 Å². The van der Waals surface area contributed by atoms with Crippen LogP contribution in [0.2, 0.25) is 0 Å². The minimum atomic E-state index is -0.152. The molecule has 3 rings (SSSR count). The molecule has 148 valence electrons. The fraction of sp³-hybridized carbons (Fsp3) is 0.435. The van der Waals surface area contributed by atoms with Crippen molar-refractivity contribution in [1.29, 1.82) is 0 Å². The predicted octanol–water partition coefficient (Wildman–Crippen LogP) is 4.00. The highest BCUT2D eigenvalue weighted by Gasteiger charge is 2.24. The normalized spacial score (nSPS) is 14.9. The summed E-state index contributed by atoms with van der Waals surface area (Å²) in [5.74, 6) is 0.500. The predicted molar refractivity (Wildman–Crippen MR) is 110 cm³/mol. The smallest absolute Gasteiger partial charge is 0.272 e. The van der Waals surface area contributed by atoms with Gasteiger partial charge in [0.2, 0.25) is 0 Å². The average Bonchev–Trinajstić information content (AvgIpc) is 2.72. The van der Waals surface area contributed by atoms with Crippen molar-refractivity contribution in [2.45, 2.75) is 46.2 Å². The minimum Gasteiger partial charge on any atom is -0.339 e. The Labute approximate surface area is 167 Å². The number of piperidine rings is 1. The lowest BCUT2D eigenvalue weighted by atomic mass is 9.98. The van der Waals surface area contributed by atoms with Crippen LogP contribution in [-0.2, 0) is 6.54 Å². The van der Waals surface area contributed by atoms with Gasteiger partial charge in [0.25, 0.3) is 11.8 Å². The number of aromatic nitrogens is 1. The summed E-state index contributed by atoms with van der Waals surface area (Å²) in [7, 11) is 0. The zero-order valence-electron chi connectivity index (χ0n) is 17.0. The minimum absolute atomic E-state index is 0.0116. The topological polar surface area (TPSA) is 53.5 Å². The van der Waals surface area contributed by atoms with Gasteiger partial charge in [-0.15, -0.1) is 0 Å². The van der Waals surface area contributed by atoms with Crippen LogP contribution in [0.3, 0.4) is 0 Å². The molecule has 1 fully saturated rings. The molecular weight excluding hydrogens is 350 g/mol. The van der Waals surface area contributed by atoms with Gasteiger partial charge in [-0.1, -0.05) is 37.3 Å². The summed E-state index contributed by atoms with van der Waals surface area (Å²) >= 11 is 0. The first-order chi connectivity index (χ1) is 13.5. The number of amides is 2. The lowest BCUT2D eigenvalue weighted by molar-refractivity contribution is 0.0684. The van der Waals surface area contributed by atoms with E-state index in [1.165, 1.54) is 0 Å². The van der Waals surface area contributed by atoms with Gasteiger partial charge in [-0.2, -0.15) is 0 Å². The third-order valence-corrected chi connectivity index (χ3v) is 5.38. The molecule has 1 aliphatic heterocycles. The number of hydrogen-bond acceptors (Lipinski definition) is 3. The lowest BCUT2D eigenvalue weighted by Crippen LogP contribution is -2.38. The second-order valence-electron chi connectivity index (χ2n) is 7.92. The van der Waals surface area contributed by atoms with Gasteiger partial charge in [-0.05, 0) is 50.3 Å². The second kappa shape index (κ2) is 9.00. The maximum atomic E-state index is 13.1. The van der Waals surface area contributed by atoms with E-state index < -0.39 is 0 Å². The number of rotatable bonds is 5. The quantitative estimate of drug-likeness (QED) is 0.789. The molecule has 1 aliphatic rings. The molecule has 0 unspecified atom stereocenters. The standard InChI is InChI=1S/C23H29N3O2/c1-17(2)26(16-19-7-5-4-6-8-19)23(28)21-15-20(9-12-24-21)22(27)25-13-10-18(3)11-14-25/h4-9,12,15,17-18H,10-11,13-14,16H2,1-3H3. The molecule has 5 nitrogen and oxygen atoms in total. The third-order valence-electron chi connectivity index (χ3n) is 5.38. The van der Waals surface area contributed by atoms with Crippen LogP contribution >= 0.6 is 0 Å². The zero-order valence-corrected chi connectivity index (χ0v) is 17.0. The summed E-state index contributed by atoms with van der Waals surface area (Å²) in [6.07, 6.45) is 3.62. The SMILES string of the molecule is CC1CCN(C(=O)c2ccnc(C(=O)N(Cc3ccccc3)C(C)C)c2)CC1. The van der Waals surface area contributed by atoms with Gasteiger partial charge >= 0.3 is 0 Å². The molecule has 0 saturated carbocycles. The summed E-state index contributed by atoms with van der Waals surface area (Å²) in [6, 6.07) is 13.3. The Morgan fingerprint density at radius 1 is 1.14 bits per heavy atom. The largest absolute Gasteiger partial charge is 0.339 e. The van der Waals surface area contributed by atoms with Crippen LogP contribution in [0.1, 0.15) is 60.0 Å². The molecule has 2 amide bonds. The molecule has 1 aromatic carbocycles. The third kappa shape index (κ3) is 4.77. The van der Waals surface area contributed by atoms with E-state index in [1.54, 1.807) is 23.2 Å². The van der Waals surface area contributed by atoms with Crippen LogP contribution < -0.4 is 0 Å². The van der Waals surface area contributed by atoms with Gasteiger partial charge in [0.1, 0.15) is 5.69 Å². The molecule has 1 saturated heterocycles. The summed E-state index contributed by atoms with van der Waals surface area (Å²) in [6.45, 7) is 8.27. The van der Waals surface area contributed by atoms with E-state index in [-0.39, 0.29) is 17.9 Å². The van der Waals surface area contributed by atoms with E-state index in [0.29, 0.717) is 23.7 Å². The fourth-order valence-electron chi connectivity index (χ4n) is 3.49. The van der Waals surface area contributed by atoms with E-state index in [2.05, 4.69) is 11.9 Å². The molecule has 0 bridgehead atoms. The molecule has 1 aromatic heterocycles. The Hall–Kier alpha value is -2.69. The zero-order chi connectivity index (χ0) is 20.1. The van der Waals surface area contributed by atoms with Gasteiger partial charge in [-0.25, -0.2) is 0 Å². The molecule has 5 heteroatoms. The first-order valence-electron chi connectivity index (χ1n) is 10.1. The van der Waals surface area contributed by atoms with Gasteiger partial charge < -0.3 is 9.80 Å². The van der Waals surface area contributed by atoms with E-state index in [0.717, 1.165) is 31.5 Å². The van der Waals surface area contributed by atoms with Crippen molar-refractivity contribution in [2.24, 2.45) is 5.92 Å². The van der Waals surface area contributed by atoms with Crippen molar-refractivity contribution in [1.82, 2.24) is 14.8 Å². The van der Waals surface area contributed by atoms with Crippen LogP contribution in [0.25, 0.3) is 0 Å². The van der Waals surface area contributed by atoms with Crippen LogP contribution in [0.4, 0.5) is 0 Å². The number of benzene rings is 1. The Bertz CT molecular complexity index is 812. The molecule has 0 radical (unpaired) electrons. The summed E-state index contributed by atoms with van der Waals surface area (Å²) < 4.78 is 0. The summed E-state index contributed by atoms with van der Waals surface area (Å²) in [5, 5.41) is 0. The van der Waals surface area contributed by atoms with Crippen LogP contribution in [0, 0.1) is 5.92 Å². The number of nitrogens with zero attached hydrogens (tertiary/aromatic N) is 3. The molecule has 0 N–H and O–H groups in total. The Morgan fingerprint density at radius 2 is 1.82 bits per heavy atom. The van der Waals surface area contributed by atoms with E-state index in [1.807, 2.05) is 49.1 Å². The number of hydrogen-bond donors (Lipinski definition) is 0. The molecule has 0 spiro atoms. The maximum Gasteiger partial charge on any atom is 0.272 e. The van der Waals surface area contributed by atoms with Crippen molar-refractivity contribution < 1.29 is 9.59 Å². The first kappa shape index (κ1) is 20.1. The van der Waals surface area contributed by atoms with Gasteiger partial charge in [0, 0.05) is 37.4 Å². The van der Waals surface area contributed by atoms with E-state index in [9.17, 15) is 9.59 Å². The molecule has 2 aromatic rings. The van der Waals surface area contributed by atoms with Crippen molar-refractivity contribution in [3.63, 3.8) is 0 Å². The summed E-state index contributed by atoms with van der Waals surface area (Å²) in [5.41, 5.74) is 1.93. The molecular formula is C23H29N3O2. The van der Waals surface area contributed by atoms with Gasteiger partial charge in [-0.3, -0.25) is 14.6 Å². The Kier molecular flexibility index (Phi) is 6.45. The summed E-state index contributed by atoms with van der Waals surface area (Å²) in [4.78, 5) is 33.9. The fourth-order valence-corrected chi connectivity index (χ4v) is 3.49. The van der Waals surface area contributed by atoms with Crippen molar-refractivity contribution in [3.05, 3.63) is 65.5 Å². The molecule has 28 heavy (non-hydrogen) atoms. The van der Waals surface area contributed by atoms with Gasteiger partial charge in [0.05, 0.1) is 0 Å². The van der Waals surface area contributed by atoms with Crippen LogP contribution in [0.5, 0.6) is 0 Å². The highest BCUT2D eigenvalue weighted by Crippen LogP contribution is 2.19. The first-order valence-corrected chi connectivity index (χ1v) is 10.1. The maximum absolute atomic E-state index is 13.1. The van der Waals surface area contributed by atoms with Crippen LogP contribution in [-0.4, -0.2) is 45.7 Å². The number of pyridine rings is 1. The van der Waals surface area contributed by atoms with E-state index in [4.69, 9.17) is 0 Å². The van der Waals surface area contributed by atoms with Crippen LogP contribution in [0.15, 0.2) is 48.7 Å². The lowest BCUT2D eigenvalue weighted by Gasteiger charge is -2.30. The van der Waals surface area contributed by atoms with Gasteiger partial charge in [0.15, 0.2) is 0 Å².